The summed E-state index contributed by atoms with van der Waals surface area (Å²) in [5.74, 6) is 5.96. The molecule has 0 saturated carbocycles. The van der Waals surface area contributed by atoms with Gasteiger partial charge < -0.3 is 9.47 Å². The van der Waals surface area contributed by atoms with Gasteiger partial charge in [-0.2, -0.15) is 0 Å². The Morgan fingerprint density at radius 2 is 0.430 bits per heavy atom. The summed E-state index contributed by atoms with van der Waals surface area (Å²) in [5.41, 5.74) is 30.6. The number of nitrogens with zero attached hydrogens (tertiary/aromatic N) is 7. The first-order valence-electron chi connectivity index (χ1n) is 43.4. The molecule has 0 radical (unpaired) electrons. The monoisotopic (exact) mass is 1630 g/mol. The predicted molar refractivity (Wildman–Crippen MR) is 517 cm³/mol. The van der Waals surface area contributed by atoms with Gasteiger partial charge in [0.05, 0.1) is 44.6 Å². The molecule has 6 heterocycles. The standard InChI is InChI=1S/C60H37N3O.C59H36N4O/c1-4-17-39(18-5-1)53-37-54(63-59(62-53)42-21-8-3-9-22-42)40-33-31-38(32-34-40)43-26-16-29-50-57(43)64-58-51(60(50)48-27-13-10-23-44(48)45-24-11-14-28-49(45)60)36-35-47-55(58)46-25-12-15-30-52(46)61-56(47)41-19-6-2-7-20-41;1-4-17-38(18-5-1)53-46-35-36-50-55(52(46)45-25-12-15-30-51(45)60-53)64-54-42(26-16-29-49(54)59(50)47-27-13-10-23-43(47)44-24-11-14-28-48(44)59)37-31-33-41(34-32-37)58-62-56(39-19-6-2-7-20-39)61-57(63-58)40-21-8-3-9-22-40/h1-37H;1-36H. The summed E-state index contributed by atoms with van der Waals surface area (Å²) in [5, 5.41) is 6.33. The smallest absolute Gasteiger partial charge is 0.164 e. The van der Waals surface area contributed by atoms with E-state index in [2.05, 4.69) is 346 Å². The first-order chi connectivity index (χ1) is 63.5. The van der Waals surface area contributed by atoms with Gasteiger partial charge in [-0.25, -0.2) is 34.9 Å². The van der Waals surface area contributed by atoms with Crippen LogP contribution in [0, 0.1) is 0 Å². The summed E-state index contributed by atoms with van der Waals surface area (Å²) in [6, 6.07) is 156. The molecular weight excluding hydrogens is 1560 g/mol. The van der Waals surface area contributed by atoms with Gasteiger partial charge in [0.25, 0.3) is 0 Å². The molecule has 4 aromatic heterocycles. The average molecular weight is 1630 g/mol. The van der Waals surface area contributed by atoms with Crippen LogP contribution in [0.1, 0.15) is 44.5 Å². The summed E-state index contributed by atoms with van der Waals surface area (Å²) in [7, 11) is 0. The number of hydrogen-bond donors (Lipinski definition) is 0. The second kappa shape index (κ2) is 29.9. The van der Waals surface area contributed by atoms with E-state index in [1.165, 1.54) is 44.5 Å². The molecule has 0 N–H and O–H groups in total. The van der Waals surface area contributed by atoms with Crippen LogP contribution in [-0.2, 0) is 10.8 Å². The zero-order valence-electron chi connectivity index (χ0n) is 69.1. The van der Waals surface area contributed by atoms with Crippen LogP contribution in [0.4, 0.5) is 0 Å². The van der Waals surface area contributed by atoms with Crippen molar-refractivity contribution >= 4 is 43.4 Å². The number of pyridine rings is 2. The van der Waals surface area contributed by atoms with E-state index in [0.717, 1.165) is 178 Å². The Bertz CT molecular complexity index is 7530. The van der Waals surface area contributed by atoms with Crippen molar-refractivity contribution in [2.45, 2.75) is 10.8 Å². The fourth-order valence-corrected chi connectivity index (χ4v) is 20.5. The minimum Gasteiger partial charge on any atom is -0.455 e. The highest BCUT2D eigenvalue weighted by Crippen LogP contribution is 2.67. The molecule has 9 nitrogen and oxygen atoms in total. The van der Waals surface area contributed by atoms with E-state index in [0.29, 0.717) is 23.3 Å². The van der Waals surface area contributed by atoms with Gasteiger partial charge in [0, 0.05) is 110 Å². The van der Waals surface area contributed by atoms with E-state index in [1.54, 1.807) is 0 Å². The fraction of sp³-hybridized carbons (Fsp3) is 0.0168. The van der Waals surface area contributed by atoms with Crippen LogP contribution >= 0.6 is 0 Å². The normalized spacial score (nSPS) is 12.9. The van der Waals surface area contributed by atoms with Crippen LogP contribution in [0.15, 0.2) is 443 Å². The van der Waals surface area contributed by atoms with E-state index in [9.17, 15) is 0 Å². The maximum Gasteiger partial charge on any atom is 0.164 e. The molecule has 18 aromatic carbocycles. The van der Waals surface area contributed by atoms with Crippen molar-refractivity contribution in [2.24, 2.45) is 0 Å². The lowest BCUT2D eigenvalue weighted by Gasteiger charge is -2.40. The van der Waals surface area contributed by atoms with Gasteiger partial charge in [-0.1, -0.05) is 425 Å². The van der Waals surface area contributed by atoms with E-state index in [1.807, 2.05) is 97.1 Å². The van der Waals surface area contributed by atoms with Gasteiger partial charge in [0.1, 0.15) is 23.0 Å². The Labute approximate surface area is 739 Å². The Hall–Kier alpha value is -17.0. The first-order valence-corrected chi connectivity index (χ1v) is 43.4. The number of hydrogen-bond acceptors (Lipinski definition) is 9. The molecule has 0 unspecified atom stereocenters. The minimum atomic E-state index is -0.663. The minimum absolute atomic E-state index is 0.610. The molecule has 2 spiro atoms. The first kappa shape index (κ1) is 73.7. The molecule has 2 aliphatic carbocycles. The van der Waals surface area contributed by atoms with Crippen LogP contribution in [0.5, 0.6) is 23.0 Å². The molecule has 128 heavy (non-hydrogen) atoms. The summed E-state index contributed by atoms with van der Waals surface area (Å²) in [6.45, 7) is 0. The molecule has 4 aliphatic rings. The van der Waals surface area contributed by atoms with Crippen LogP contribution in [0.25, 0.3) is 178 Å². The van der Waals surface area contributed by atoms with E-state index in [4.69, 9.17) is 44.4 Å². The highest BCUT2D eigenvalue weighted by Gasteiger charge is 2.54. The quantitative estimate of drug-likeness (QED) is 0.124. The largest absolute Gasteiger partial charge is 0.455 e. The number of aromatic nitrogens is 7. The van der Waals surface area contributed by atoms with Crippen LogP contribution in [-0.4, -0.2) is 34.9 Å². The Kier molecular flexibility index (Phi) is 17.2. The topological polar surface area (TPSA) is 109 Å². The Morgan fingerprint density at radius 1 is 0.164 bits per heavy atom. The van der Waals surface area contributed by atoms with Crippen molar-refractivity contribution < 1.29 is 9.47 Å². The molecule has 0 saturated heterocycles. The number of rotatable bonds is 10. The molecular formula is C119H73N7O2. The molecule has 0 atom stereocenters. The van der Waals surface area contributed by atoms with Crippen molar-refractivity contribution in [1.29, 1.82) is 0 Å². The third kappa shape index (κ3) is 11.6. The number of fused-ring (bicyclic) bond motifs is 26. The second-order valence-electron chi connectivity index (χ2n) is 33.1. The van der Waals surface area contributed by atoms with Gasteiger partial charge in [-0.3, -0.25) is 0 Å². The lowest BCUT2D eigenvalue weighted by Crippen LogP contribution is -2.32. The maximum absolute atomic E-state index is 7.59. The van der Waals surface area contributed by atoms with Crippen molar-refractivity contribution in [3.05, 3.63) is 487 Å². The SMILES string of the molecule is c1ccc(-c2cc(-c3ccc(-c4cccc5c4Oc4c(ccc6c(-c7ccccc7)nc7ccccc7c46)C54c5ccccc5-c5ccccc54)cc3)nc(-c3ccccc3)n2)cc1.c1ccc(-c2nc(-c3ccccc3)nc(-c3ccc(-c4cccc5c4Oc4c(ccc6c(-c7ccccc7)nc7ccccc7c46)C54c5ccccc5-c5ccccc54)cc3)n2)cc1. The van der Waals surface area contributed by atoms with E-state index >= 15 is 0 Å². The predicted octanol–water partition coefficient (Wildman–Crippen LogP) is 29.4. The third-order valence-electron chi connectivity index (χ3n) is 26.2. The number of para-hydroxylation sites is 4. The summed E-state index contributed by atoms with van der Waals surface area (Å²) < 4.78 is 15.2. The third-order valence-corrected chi connectivity index (χ3v) is 26.2. The van der Waals surface area contributed by atoms with Crippen molar-refractivity contribution in [1.82, 2.24) is 34.9 Å². The number of ether oxygens (including phenoxy) is 2. The molecule has 596 valence electrons. The second-order valence-corrected chi connectivity index (χ2v) is 33.1. The lowest BCUT2D eigenvalue weighted by atomic mass is 9.65. The molecule has 2 aliphatic heterocycles. The molecule has 26 rings (SSSR count). The summed E-state index contributed by atoms with van der Waals surface area (Å²) >= 11 is 0. The van der Waals surface area contributed by atoms with E-state index < -0.39 is 10.8 Å². The molecule has 0 bridgehead atoms. The van der Waals surface area contributed by atoms with Crippen LogP contribution in [0.3, 0.4) is 0 Å². The van der Waals surface area contributed by atoms with Gasteiger partial charge in [-0.15, -0.1) is 0 Å². The number of benzene rings is 18. The highest BCUT2D eigenvalue weighted by atomic mass is 16.5. The average Bonchev–Trinajstić information content (AvgIpc) is 1.46. The maximum atomic E-state index is 7.59. The van der Waals surface area contributed by atoms with Crippen LogP contribution in [0.2, 0.25) is 0 Å². The summed E-state index contributed by atoms with van der Waals surface area (Å²) in [6.07, 6.45) is 0. The van der Waals surface area contributed by atoms with Gasteiger partial charge in [0.15, 0.2) is 23.3 Å². The molecule has 0 fully saturated rings. The van der Waals surface area contributed by atoms with Gasteiger partial charge >= 0.3 is 0 Å². The van der Waals surface area contributed by atoms with Gasteiger partial charge in [-0.05, 0) is 73.8 Å². The van der Waals surface area contributed by atoms with E-state index in [-0.39, 0.29) is 0 Å². The van der Waals surface area contributed by atoms with Crippen LogP contribution < -0.4 is 9.47 Å². The fourth-order valence-electron chi connectivity index (χ4n) is 20.5. The Morgan fingerprint density at radius 3 is 0.805 bits per heavy atom. The zero-order chi connectivity index (χ0) is 84.4. The molecule has 9 heteroatoms. The summed E-state index contributed by atoms with van der Waals surface area (Å²) in [4.78, 5) is 35.7. The van der Waals surface area contributed by atoms with Crippen molar-refractivity contribution in [3.8, 4) is 158 Å². The Balaban J connectivity index is 0.000000139. The van der Waals surface area contributed by atoms with Crippen molar-refractivity contribution in [2.75, 3.05) is 0 Å². The lowest BCUT2D eigenvalue weighted by molar-refractivity contribution is 0.443. The molecule has 0 amide bonds. The van der Waals surface area contributed by atoms with Gasteiger partial charge in [0.2, 0.25) is 0 Å². The molecule has 22 aromatic rings. The highest BCUT2D eigenvalue weighted by molar-refractivity contribution is 6.17. The zero-order valence-corrected chi connectivity index (χ0v) is 69.1. The van der Waals surface area contributed by atoms with Crippen molar-refractivity contribution in [3.63, 3.8) is 0 Å².